The van der Waals surface area contributed by atoms with Crippen molar-refractivity contribution in [3.05, 3.63) is 58.6 Å². The van der Waals surface area contributed by atoms with Crippen molar-refractivity contribution in [2.24, 2.45) is 0 Å². The third kappa shape index (κ3) is 6.04. The normalized spacial score (nSPS) is 13.1. The largest absolute Gasteiger partial charge is 0.482 e. The summed E-state index contributed by atoms with van der Waals surface area (Å²) in [6, 6.07) is 11.7. The van der Waals surface area contributed by atoms with E-state index in [1.54, 1.807) is 6.07 Å². The molecule has 1 atom stereocenters. The minimum atomic E-state index is -4.18. The second kappa shape index (κ2) is 9.07. The summed E-state index contributed by atoms with van der Waals surface area (Å²) in [6.45, 7) is -0.553. The molecule has 0 saturated heterocycles. The van der Waals surface area contributed by atoms with Crippen LogP contribution in [0.5, 0.6) is 5.75 Å². The molecule has 0 radical (unpaired) electrons. The Morgan fingerprint density at radius 1 is 1.07 bits per heavy atom. The van der Waals surface area contributed by atoms with Crippen LogP contribution in [0.4, 0.5) is 0 Å². The fourth-order valence-electron chi connectivity index (χ4n) is 2.01. The number of alkyl halides is 3. The molecule has 2 aromatic rings. The van der Waals surface area contributed by atoms with E-state index in [2.05, 4.69) is 5.32 Å². The van der Waals surface area contributed by atoms with E-state index in [-0.39, 0.29) is 15.7 Å². The summed E-state index contributed by atoms with van der Waals surface area (Å²) < 4.78 is 28.4. The van der Waals surface area contributed by atoms with Gasteiger partial charge in [0.2, 0.25) is 13.6 Å². The van der Waals surface area contributed by atoms with Crippen molar-refractivity contribution in [1.82, 2.24) is 5.32 Å². The van der Waals surface area contributed by atoms with E-state index < -0.39 is 31.5 Å². The number of nitrogens with one attached hydrogen (secondary N) is 1. The first-order valence-electron chi connectivity index (χ1n) is 7.24. The van der Waals surface area contributed by atoms with E-state index in [0.29, 0.717) is 5.02 Å². The quantitative estimate of drug-likeness (QED) is 0.597. The topological polar surface area (TPSA) is 72.5 Å². The number of amides is 1. The number of ether oxygens (including phenoxy) is 1. The first-order chi connectivity index (χ1) is 12.5. The summed E-state index contributed by atoms with van der Waals surface area (Å²) in [4.78, 5) is 12.1. The van der Waals surface area contributed by atoms with Crippen LogP contribution < -0.4 is 10.1 Å². The summed E-state index contributed by atoms with van der Waals surface area (Å²) in [5, 5.41) is 0.931. The molecule has 0 aliphatic heterocycles. The van der Waals surface area contributed by atoms with Gasteiger partial charge in [-0.25, -0.2) is 8.42 Å². The van der Waals surface area contributed by atoms with Gasteiger partial charge in [-0.3, -0.25) is 4.79 Å². The van der Waals surface area contributed by atoms with Crippen LogP contribution in [0.3, 0.4) is 0 Å². The van der Waals surface area contributed by atoms with Gasteiger partial charge in [-0.2, -0.15) is 0 Å². The van der Waals surface area contributed by atoms with Gasteiger partial charge >= 0.3 is 0 Å². The van der Waals surface area contributed by atoms with Gasteiger partial charge < -0.3 is 10.1 Å². The van der Waals surface area contributed by atoms with Crippen LogP contribution in [0.1, 0.15) is 0 Å². The molecular formula is C16H12Cl5NO4S. The zero-order valence-electron chi connectivity index (χ0n) is 13.3. The third-order valence-electron chi connectivity index (χ3n) is 3.22. The molecule has 0 aliphatic rings. The number of halogens is 5. The molecular weight excluding hydrogens is 480 g/mol. The monoisotopic (exact) mass is 489 g/mol. The van der Waals surface area contributed by atoms with E-state index in [1.165, 1.54) is 42.5 Å². The van der Waals surface area contributed by atoms with Gasteiger partial charge in [0, 0.05) is 5.02 Å². The summed E-state index contributed by atoms with van der Waals surface area (Å²) in [5.74, 6) is -0.635. The standard InChI is InChI=1S/C16H12Cl5NO4S/c17-10-6-7-13(12(18)8-10)26-9-14(23)22-15(16(19,20)21)27(24,25)11-4-2-1-3-5-11/h1-8,15H,9H2,(H,22,23)/t15-/m1/s1. The maximum Gasteiger partial charge on any atom is 0.259 e. The molecule has 0 saturated carbocycles. The van der Waals surface area contributed by atoms with E-state index >= 15 is 0 Å². The molecule has 5 nitrogen and oxygen atoms in total. The van der Waals surface area contributed by atoms with Gasteiger partial charge in [0.25, 0.3) is 5.91 Å². The number of carbonyl (C=O) groups excluding carboxylic acids is 1. The van der Waals surface area contributed by atoms with Crippen molar-refractivity contribution in [1.29, 1.82) is 0 Å². The summed E-state index contributed by atoms with van der Waals surface area (Å²) in [5.41, 5.74) is 0. The van der Waals surface area contributed by atoms with Crippen molar-refractivity contribution in [2.75, 3.05) is 6.61 Å². The maximum atomic E-state index is 12.7. The van der Waals surface area contributed by atoms with E-state index in [4.69, 9.17) is 62.7 Å². The Hall–Kier alpha value is -0.890. The van der Waals surface area contributed by atoms with Gasteiger partial charge in [-0.1, -0.05) is 76.2 Å². The Bertz CT molecular complexity index is 916. The molecule has 2 aromatic carbocycles. The molecule has 2 rings (SSSR count). The molecule has 1 N–H and O–H groups in total. The van der Waals surface area contributed by atoms with E-state index in [0.717, 1.165) is 0 Å². The van der Waals surface area contributed by atoms with Crippen LogP contribution >= 0.6 is 58.0 Å². The molecule has 0 heterocycles. The Morgan fingerprint density at radius 2 is 1.70 bits per heavy atom. The molecule has 146 valence electrons. The fraction of sp³-hybridized carbons (Fsp3) is 0.188. The van der Waals surface area contributed by atoms with Crippen molar-refractivity contribution < 1.29 is 17.9 Å². The second-order valence-electron chi connectivity index (χ2n) is 5.21. The van der Waals surface area contributed by atoms with Crippen LogP contribution in [0.2, 0.25) is 10.0 Å². The lowest BCUT2D eigenvalue weighted by atomic mass is 10.3. The molecule has 1 amide bonds. The summed E-state index contributed by atoms with van der Waals surface area (Å²) in [6.07, 6.45) is 0. The third-order valence-corrected chi connectivity index (χ3v) is 6.82. The molecule has 0 aromatic heterocycles. The maximum absolute atomic E-state index is 12.7. The Balaban J connectivity index is 2.15. The molecule has 11 heteroatoms. The summed E-state index contributed by atoms with van der Waals surface area (Å²) in [7, 11) is -4.18. The fourth-order valence-corrected chi connectivity index (χ4v) is 5.13. The minimum absolute atomic E-state index is 0.108. The second-order valence-corrected chi connectivity index (χ2v) is 10.5. The average Bonchev–Trinajstić information content (AvgIpc) is 2.58. The van der Waals surface area contributed by atoms with Crippen molar-refractivity contribution in [3.8, 4) is 5.75 Å². The van der Waals surface area contributed by atoms with Gasteiger partial charge in [0.05, 0.1) is 9.92 Å². The Labute approximate surface area is 181 Å². The lowest BCUT2D eigenvalue weighted by molar-refractivity contribution is -0.123. The van der Waals surface area contributed by atoms with Gasteiger partial charge in [0.15, 0.2) is 12.0 Å². The van der Waals surface area contributed by atoms with Gasteiger partial charge in [-0.15, -0.1) is 0 Å². The van der Waals surface area contributed by atoms with Crippen molar-refractivity contribution in [2.45, 2.75) is 14.1 Å². The highest BCUT2D eigenvalue weighted by Gasteiger charge is 2.44. The average molecular weight is 492 g/mol. The van der Waals surface area contributed by atoms with E-state index in [1.807, 2.05) is 0 Å². The summed E-state index contributed by atoms with van der Waals surface area (Å²) >= 11 is 29.1. The number of benzene rings is 2. The molecule has 0 spiro atoms. The molecule has 0 aliphatic carbocycles. The Kier molecular flexibility index (Phi) is 7.53. The highest BCUT2D eigenvalue weighted by Crippen LogP contribution is 2.35. The Morgan fingerprint density at radius 3 is 2.26 bits per heavy atom. The van der Waals surface area contributed by atoms with Gasteiger partial charge in [-0.05, 0) is 30.3 Å². The predicted octanol–water partition coefficient (Wildman–Crippen LogP) is 4.66. The zero-order chi connectivity index (χ0) is 20.2. The molecule has 0 fully saturated rings. The smallest absolute Gasteiger partial charge is 0.259 e. The minimum Gasteiger partial charge on any atom is -0.482 e. The SMILES string of the molecule is O=C(COc1ccc(Cl)cc1Cl)N[C@@H](C(Cl)(Cl)Cl)S(=O)(=O)c1ccccc1. The molecule has 0 bridgehead atoms. The highest BCUT2D eigenvalue weighted by molar-refractivity contribution is 7.92. The number of sulfone groups is 1. The van der Waals surface area contributed by atoms with Crippen molar-refractivity contribution >= 4 is 73.7 Å². The van der Waals surface area contributed by atoms with Crippen molar-refractivity contribution in [3.63, 3.8) is 0 Å². The van der Waals surface area contributed by atoms with Crippen LogP contribution in [-0.2, 0) is 14.6 Å². The van der Waals surface area contributed by atoms with Crippen LogP contribution in [-0.4, -0.2) is 30.1 Å². The lowest BCUT2D eigenvalue weighted by Crippen LogP contribution is -2.50. The number of rotatable bonds is 6. The first kappa shape index (κ1) is 22.4. The van der Waals surface area contributed by atoms with Gasteiger partial charge in [0.1, 0.15) is 5.75 Å². The number of carbonyl (C=O) groups is 1. The predicted molar refractivity (Wildman–Crippen MR) is 108 cm³/mol. The van der Waals surface area contributed by atoms with E-state index in [9.17, 15) is 13.2 Å². The van der Waals surface area contributed by atoms with Crippen LogP contribution in [0, 0.1) is 0 Å². The number of hydrogen-bond acceptors (Lipinski definition) is 4. The highest BCUT2D eigenvalue weighted by atomic mass is 35.6. The van der Waals surface area contributed by atoms with Crippen LogP contribution in [0.15, 0.2) is 53.4 Å². The zero-order valence-corrected chi connectivity index (χ0v) is 17.9. The first-order valence-corrected chi connectivity index (χ1v) is 10.7. The lowest BCUT2D eigenvalue weighted by Gasteiger charge is -2.25. The number of hydrogen-bond donors (Lipinski definition) is 1. The molecule has 0 unspecified atom stereocenters. The van der Waals surface area contributed by atoms with Crippen LogP contribution in [0.25, 0.3) is 0 Å². The molecule has 27 heavy (non-hydrogen) atoms.